The Balaban J connectivity index is 1.47. The Bertz CT molecular complexity index is 181. The number of nitrogens with one attached hydrogen (secondary N) is 1. The molecule has 2 heterocycles. The summed E-state index contributed by atoms with van der Waals surface area (Å²) >= 11 is 0. The van der Waals surface area contributed by atoms with Crippen LogP contribution in [0.2, 0.25) is 0 Å². The fraction of sp³-hybridized carbons (Fsp3) is 1.00. The second-order valence-electron chi connectivity index (χ2n) is 4.58. The minimum atomic E-state index is 0.926. The minimum absolute atomic E-state index is 0.926. The van der Waals surface area contributed by atoms with Crippen molar-refractivity contribution in [2.45, 2.75) is 0 Å². The molecule has 13 heavy (non-hydrogen) atoms. The number of ether oxygens (including phenoxy) is 1. The van der Waals surface area contributed by atoms with Crippen LogP contribution in [0.5, 0.6) is 0 Å². The van der Waals surface area contributed by atoms with E-state index in [-0.39, 0.29) is 0 Å². The van der Waals surface area contributed by atoms with Crippen LogP contribution in [0, 0.1) is 17.8 Å². The Kier molecular flexibility index (Phi) is 2.04. The van der Waals surface area contributed by atoms with Gasteiger partial charge in [0.2, 0.25) is 0 Å². The Hall–Kier alpha value is -0.120. The van der Waals surface area contributed by atoms with Gasteiger partial charge in [-0.15, -0.1) is 0 Å². The van der Waals surface area contributed by atoms with Gasteiger partial charge in [0.15, 0.2) is 0 Å². The van der Waals surface area contributed by atoms with Crippen LogP contribution in [0.4, 0.5) is 0 Å². The molecule has 3 fully saturated rings. The summed E-state index contributed by atoms with van der Waals surface area (Å²) in [4.78, 5) is 2.61. The first-order valence-electron chi connectivity index (χ1n) is 5.46. The summed E-state index contributed by atoms with van der Waals surface area (Å²) < 4.78 is 5.40. The van der Waals surface area contributed by atoms with Gasteiger partial charge in [-0.3, -0.25) is 0 Å². The van der Waals surface area contributed by atoms with Crippen molar-refractivity contribution in [3.8, 4) is 0 Å². The van der Waals surface area contributed by atoms with Crippen molar-refractivity contribution < 1.29 is 4.74 Å². The first-order valence-corrected chi connectivity index (χ1v) is 5.46. The summed E-state index contributed by atoms with van der Waals surface area (Å²) in [5, 5.41) is 3.39. The van der Waals surface area contributed by atoms with Crippen molar-refractivity contribution in [2.75, 3.05) is 45.9 Å². The molecule has 3 nitrogen and oxygen atoms in total. The van der Waals surface area contributed by atoms with Crippen molar-refractivity contribution in [3.63, 3.8) is 0 Å². The van der Waals surface area contributed by atoms with Crippen LogP contribution in [-0.2, 0) is 4.74 Å². The van der Waals surface area contributed by atoms with E-state index in [1.807, 2.05) is 0 Å². The molecule has 74 valence electrons. The van der Waals surface area contributed by atoms with Gasteiger partial charge < -0.3 is 15.0 Å². The standard InChI is InChI=1S/C10H18N2O/c1-3-12(4-2-11-1)5-8-9-6-13-7-10(8)9/h8-11H,1-7H2. The van der Waals surface area contributed by atoms with Crippen molar-refractivity contribution >= 4 is 0 Å². The average Bonchev–Trinajstić information content (AvgIpc) is 2.65. The van der Waals surface area contributed by atoms with E-state index in [0.717, 1.165) is 31.0 Å². The zero-order valence-corrected chi connectivity index (χ0v) is 8.04. The maximum atomic E-state index is 5.40. The number of nitrogens with zero attached hydrogens (tertiary/aromatic N) is 1. The molecule has 0 aromatic carbocycles. The maximum absolute atomic E-state index is 5.40. The molecule has 1 N–H and O–H groups in total. The predicted octanol–water partition coefficient (Wildman–Crippen LogP) is -0.216. The van der Waals surface area contributed by atoms with Crippen molar-refractivity contribution in [2.24, 2.45) is 17.8 Å². The number of hydrogen-bond acceptors (Lipinski definition) is 3. The first-order chi connectivity index (χ1) is 6.45. The predicted molar refractivity (Wildman–Crippen MR) is 50.6 cm³/mol. The third-order valence-electron chi connectivity index (χ3n) is 3.81. The van der Waals surface area contributed by atoms with E-state index in [1.165, 1.54) is 32.7 Å². The smallest absolute Gasteiger partial charge is 0.0501 e. The van der Waals surface area contributed by atoms with Crippen molar-refractivity contribution in [1.29, 1.82) is 0 Å². The van der Waals surface area contributed by atoms with E-state index in [0.29, 0.717) is 0 Å². The van der Waals surface area contributed by atoms with Crippen LogP contribution in [0.15, 0.2) is 0 Å². The molecule has 2 saturated heterocycles. The summed E-state index contributed by atoms with van der Waals surface area (Å²) in [6, 6.07) is 0. The lowest BCUT2D eigenvalue weighted by atomic mass is 10.2. The van der Waals surface area contributed by atoms with E-state index >= 15 is 0 Å². The topological polar surface area (TPSA) is 24.5 Å². The number of fused-ring (bicyclic) bond motifs is 1. The van der Waals surface area contributed by atoms with E-state index < -0.39 is 0 Å². The molecule has 0 aromatic rings. The van der Waals surface area contributed by atoms with Crippen LogP contribution in [-0.4, -0.2) is 50.8 Å². The second-order valence-corrected chi connectivity index (χ2v) is 4.58. The molecule has 0 amide bonds. The van der Waals surface area contributed by atoms with Gasteiger partial charge in [0.05, 0.1) is 13.2 Å². The summed E-state index contributed by atoms with van der Waals surface area (Å²) in [6.45, 7) is 8.27. The van der Waals surface area contributed by atoms with Gasteiger partial charge in [-0.2, -0.15) is 0 Å². The molecule has 0 radical (unpaired) electrons. The fourth-order valence-corrected chi connectivity index (χ4v) is 2.82. The van der Waals surface area contributed by atoms with Gasteiger partial charge in [0.25, 0.3) is 0 Å². The highest BCUT2D eigenvalue weighted by molar-refractivity contribution is 5.01. The summed E-state index contributed by atoms with van der Waals surface area (Å²) in [6.07, 6.45) is 0. The lowest BCUT2D eigenvalue weighted by Crippen LogP contribution is -2.44. The first kappa shape index (κ1) is 8.21. The van der Waals surface area contributed by atoms with Crippen LogP contribution >= 0.6 is 0 Å². The Morgan fingerprint density at radius 3 is 2.54 bits per heavy atom. The monoisotopic (exact) mass is 182 g/mol. The van der Waals surface area contributed by atoms with E-state index in [2.05, 4.69) is 10.2 Å². The summed E-state index contributed by atoms with van der Waals surface area (Å²) in [7, 11) is 0. The maximum Gasteiger partial charge on any atom is 0.0501 e. The Labute approximate surface area is 79.4 Å². The van der Waals surface area contributed by atoms with Gasteiger partial charge >= 0.3 is 0 Å². The van der Waals surface area contributed by atoms with Crippen LogP contribution < -0.4 is 5.32 Å². The molecular weight excluding hydrogens is 164 g/mol. The SMILES string of the molecule is C1CN(CC2C3COCC32)CCN1. The highest BCUT2D eigenvalue weighted by Gasteiger charge is 2.53. The van der Waals surface area contributed by atoms with Crippen molar-refractivity contribution in [1.82, 2.24) is 10.2 Å². The average molecular weight is 182 g/mol. The molecule has 0 bridgehead atoms. The van der Waals surface area contributed by atoms with E-state index in [4.69, 9.17) is 4.74 Å². The molecule has 0 spiro atoms. The van der Waals surface area contributed by atoms with E-state index in [1.54, 1.807) is 0 Å². The number of piperazine rings is 1. The minimum Gasteiger partial charge on any atom is -0.381 e. The summed E-state index contributed by atoms with van der Waals surface area (Å²) in [5.74, 6) is 2.83. The van der Waals surface area contributed by atoms with Gasteiger partial charge in [-0.1, -0.05) is 0 Å². The fourth-order valence-electron chi connectivity index (χ4n) is 2.82. The van der Waals surface area contributed by atoms with Crippen LogP contribution in [0.3, 0.4) is 0 Å². The lowest BCUT2D eigenvalue weighted by Gasteiger charge is -2.27. The summed E-state index contributed by atoms with van der Waals surface area (Å²) in [5.41, 5.74) is 0. The molecular formula is C10H18N2O. The molecule has 3 heteroatoms. The Morgan fingerprint density at radius 2 is 1.85 bits per heavy atom. The number of rotatable bonds is 2. The molecule has 0 aromatic heterocycles. The molecule has 2 unspecified atom stereocenters. The zero-order chi connectivity index (χ0) is 8.67. The normalized spacial score (nSPS) is 44.8. The quantitative estimate of drug-likeness (QED) is 0.639. The highest BCUT2D eigenvalue weighted by atomic mass is 16.5. The highest BCUT2D eigenvalue weighted by Crippen LogP contribution is 2.50. The largest absolute Gasteiger partial charge is 0.381 e. The third kappa shape index (κ3) is 1.49. The zero-order valence-electron chi connectivity index (χ0n) is 8.04. The van der Waals surface area contributed by atoms with Gasteiger partial charge in [-0.25, -0.2) is 0 Å². The molecule has 1 saturated carbocycles. The van der Waals surface area contributed by atoms with Gasteiger partial charge in [0.1, 0.15) is 0 Å². The third-order valence-corrected chi connectivity index (χ3v) is 3.81. The van der Waals surface area contributed by atoms with Gasteiger partial charge in [0, 0.05) is 32.7 Å². The molecule has 2 atom stereocenters. The molecule has 1 aliphatic carbocycles. The van der Waals surface area contributed by atoms with E-state index in [9.17, 15) is 0 Å². The van der Waals surface area contributed by atoms with Crippen LogP contribution in [0.1, 0.15) is 0 Å². The second kappa shape index (κ2) is 3.23. The van der Waals surface area contributed by atoms with Crippen molar-refractivity contribution in [3.05, 3.63) is 0 Å². The number of hydrogen-bond donors (Lipinski definition) is 1. The molecule has 2 aliphatic heterocycles. The Morgan fingerprint density at radius 1 is 1.15 bits per heavy atom. The lowest BCUT2D eigenvalue weighted by molar-refractivity contribution is 0.135. The van der Waals surface area contributed by atoms with Crippen LogP contribution in [0.25, 0.3) is 0 Å². The molecule has 3 rings (SSSR count). The molecule has 3 aliphatic rings. The van der Waals surface area contributed by atoms with Gasteiger partial charge in [-0.05, 0) is 17.8 Å².